The summed E-state index contributed by atoms with van der Waals surface area (Å²) in [6.45, 7) is 1.84. The van der Waals surface area contributed by atoms with Crippen molar-refractivity contribution in [2.24, 2.45) is 16.6 Å². The molecule has 8 nitrogen and oxygen atoms in total. The average Bonchev–Trinajstić information content (AvgIpc) is 2.51. The van der Waals surface area contributed by atoms with E-state index in [0.29, 0.717) is 5.75 Å². The first kappa shape index (κ1) is 16.6. The van der Waals surface area contributed by atoms with Crippen molar-refractivity contribution in [3.05, 3.63) is 24.3 Å². The molecule has 0 bridgehead atoms. The van der Waals surface area contributed by atoms with Gasteiger partial charge in [-0.15, -0.1) is 0 Å². The highest BCUT2D eigenvalue weighted by Crippen LogP contribution is 2.17. The molecule has 122 valence electrons. The van der Waals surface area contributed by atoms with E-state index < -0.39 is 6.29 Å². The van der Waals surface area contributed by atoms with Crippen LogP contribution in [0.4, 0.5) is 5.69 Å². The Kier molecular flexibility index (Phi) is 5.38. The van der Waals surface area contributed by atoms with Crippen LogP contribution >= 0.6 is 0 Å². The molecule has 23 heavy (non-hydrogen) atoms. The van der Waals surface area contributed by atoms with Crippen LogP contribution in [0, 0.1) is 17.2 Å². The first-order valence-corrected chi connectivity index (χ1v) is 7.21. The molecule has 1 aromatic rings. The van der Waals surface area contributed by atoms with Gasteiger partial charge in [0.05, 0.1) is 19.1 Å². The third-order valence-electron chi connectivity index (χ3n) is 3.56. The smallest absolute Gasteiger partial charge is 0.228 e. The molecule has 3 atom stereocenters. The SMILES string of the molecule is COc1cccc(N/C(N)=N/C2NC(=O)C(CC#N)C(C)N2)c1. The van der Waals surface area contributed by atoms with Crippen molar-refractivity contribution < 1.29 is 9.53 Å². The van der Waals surface area contributed by atoms with E-state index >= 15 is 0 Å². The number of hydrogen-bond donors (Lipinski definition) is 4. The van der Waals surface area contributed by atoms with Crippen molar-refractivity contribution >= 4 is 17.6 Å². The highest BCUT2D eigenvalue weighted by molar-refractivity contribution is 5.92. The zero-order chi connectivity index (χ0) is 16.8. The Balaban J connectivity index is 2.01. The van der Waals surface area contributed by atoms with Crippen LogP contribution in [0.25, 0.3) is 0 Å². The highest BCUT2D eigenvalue weighted by Gasteiger charge is 2.33. The maximum atomic E-state index is 12.0. The van der Waals surface area contributed by atoms with Crippen LogP contribution < -0.4 is 26.4 Å². The minimum Gasteiger partial charge on any atom is -0.497 e. The van der Waals surface area contributed by atoms with E-state index in [1.54, 1.807) is 13.2 Å². The van der Waals surface area contributed by atoms with Gasteiger partial charge in [-0.3, -0.25) is 10.1 Å². The topological polar surface area (TPSA) is 125 Å². The lowest BCUT2D eigenvalue weighted by Crippen LogP contribution is -2.60. The molecule has 1 aromatic carbocycles. The number of nitrogens with zero attached hydrogens (tertiary/aromatic N) is 2. The number of nitriles is 1. The summed E-state index contributed by atoms with van der Waals surface area (Å²) in [7, 11) is 1.58. The van der Waals surface area contributed by atoms with Crippen LogP contribution in [0.1, 0.15) is 13.3 Å². The Labute approximate surface area is 134 Å². The number of rotatable bonds is 4. The van der Waals surface area contributed by atoms with E-state index in [-0.39, 0.29) is 30.2 Å². The minimum atomic E-state index is -0.634. The summed E-state index contributed by atoms with van der Waals surface area (Å²) in [6, 6.07) is 9.09. The molecule has 0 saturated carbocycles. The molecule has 1 aliphatic heterocycles. The van der Waals surface area contributed by atoms with Gasteiger partial charge in [0.2, 0.25) is 5.91 Å². The molecular formula is C15H20N6O2. The molecule has 1 saturated heterocycles. The van der Waals surface area contributed by atoms with Gasteiger partial charge in [0.25, 0.3) is 0 Å². The number of ether oxygens (including phenoxy) is 1. The van der Waals surface area contributed by atoms with Gasteiger partial charge in [-0.05, 0) is 19.1 Å². The van der Waals surface area contributed by atoms with Crippen LogP contribution in [-0.2, 0) is 4.79 Å². The van der Waals surface area contributed by atoms with Gasteiger partial charge in [-0.2, -0.15) is 5.26 Å². The molecule has 1 amide bonds. The number of nitrogens with one attached hydrogen (secondary N) is 3. The molecule has 0 aromatic heterocycles. The number of guanidine groups is 1. The molecule has 5 N–H and O–H groups in total. The zero-order valence-electron chi connectivity index (χ0n) is 13.0. The van der Waals surface area contributed by atoms with Crippen molar-refractivity contribution in [3.63, 3.8) is 0 Å². The van der Waals surface area contributed by atoms with Crippen molar-refractivity contribution in [2.75, 3.05) is 12.4 Å². The van der Waals surface area contributed by atoms with Crippen LogP contribution in [0.3, 0.4) is 0 Å². The number of carbonyl (C=O) groups is 1. The van der Waals surface area contributed by atoms with Crippen LogP contribution in [-0.4, -0.2) is 31.3 Å². The first-order valence-electron chi connectivity index (χ1n) is 7.21. The predicted molar refractivity (Wildman–Crippen MR) is 86.5 cm³/mol. The van der Waals surface area contributed by atoms with E-state index in [1.807, 2.05) is 31.2 Å². The summed E-state index contributed by atoms with van der Waals surface area (Å²) < 4.78 is 5.13. The van der Waals surface area contributed by atoms with E-state index in [0.717, 1.165) is 5.69 Å². The minimum absolute atomic E-state index is 0.155. The zero-order valence-corrected chi connectivity index (χ0v) is 13.0. The number of hydrogen-bond acceptors (Lipinski definition) is 5. The summed E-state index contributed by atoms with van der Waals surface area (Å²) in [5.41, 5.74) is 6.59. The molecule has 0 spiro atoms. The highest BCUT2D eigenvalue weighted by atomic mass is 16.5. The van der Waals surface area contributed by atoms with Crippen molar-refractivity contribution in [3.8, 4) is 11.8 Å². The maximum absolute atomic E-state index is 12.0. The standard InChI is InChI=1S/C15H20N6O2/c1-9-12(6-7-16)13(22)20-15(18-9)21-14(17)19-10-4-3-5-11(8-10)23-2/h3-5,8-9,12,15,18H,6H2,1-2H3,(H,20,22)(H3,17,19,21). The Hall–Kier alpha value is -2.79. The Morgan fingerprint density at radius 3 is 3.00 bits per heavy atom. The molecule has 1 heterocycles. The second-order valence-electron chi connectivity index (χ2n) is 5.21. The number of anilines is 1. The lowest BCUT2D eigenvalue weighted by molar-refractivity contribution is -0.129. The summed E-state index contributed by atoms with van der Waals surface area (Å²) >= 11 is 0. The average molecular weight is 316 g/mol. The quantitative estimate of drug-likeness (QED) is 0.469. The number of nitrogens with two attached hydrogens (primary N) is 1. The van der Waals surface area contributed by atoms with Crippen molar-refractivity contribution in [1.29, 1.82) is 5.26 Å². The number of benzene rings is 1. The number of carbonyl (C=O) groups excluding carboxylic acids is 1. The molecule has 1 aliphatic rings. The maximum Gasteiger partial charge on any atom is 0.228 e. The Morgan fingerprint density at radius 2 is 2.35 bits per heavy atom. The molecule has 8 heteroatoms. The van der Waals surface area contributed by atoms with Gasteiger partial charge in [-0.25, -0.2) is 4.99 Å². The van der Waals surface area contributed by atoms with Crippen molar-refractivity contribution in [2.45, 2.75) is 25.7 Å². The lowest BCUT2D eigenvalue weighted by atomic mass is 9.95. The van der Waals surface area contributed by atoms with E-state index in [4.69, 9.17) is 15.7 Å². The molecular weight excluding hydrogens is 296 g/mol. The van der Waals surface area contributed by atoms with Crippen LogP contribution in [0.15, 0.2) is 29.3 Å². The summed E-state index contributed by atoms with van der Waals surface area (Å²) in [4.78, 5) is 16.2. The van der Waals surface area contributed by atoms with Gasteiger partial charge in [0.1, 0.15) is 5.75 Å². The van der Waals surface area contributed by atoms with Crippen LogP contribution in [0.2, 0.25) is 0 Å². The molecule has 0 radical (unpaired) electrons. The number of amides is 1. The second kappa shape index (κ2) is 7.47. The first-order chi connectivity index (χ1) is 11.0. The molecule has 3 unspecified atom stereocenters. The Bertz CT molecular complexity index is 639. The molecule has 0 aliphatic carbocycles. The third kappa shape index (κ3) is 4.34. The third-order valence-corrected chi connectivity index (χ3v) is 3.56. The largest absolute Gasteiger partial charge is 0.497 e. The van der Waals surface area contributed by atoms with E-state index in [9.17, 15) is 4.79 Å². The van der Waals surface area contributed by atoms with Gasteiger partial charge < -0.3 is 21.1 Å². The summed E-state index contributed by atoms with van der Waals surface area (Å²) in [5.74, 6) is 0.251. The van der Waals surface area contributed by atoms with Gasteiger partial charge >= 0.3 is 0 Å². The normalized spacial score (nSPS) is 24.5. The van der Waals surface area contributed by atoms with E-state index in [2.05, 4.69) is 20.9 Å². The van der Waals surface area contributed by atoms with Gasteiger partial charge in [0, 0.05) is 24.2 Å². The van der Waals surface area contributed by atoms with Gasteiger partial charge in [0.15, 0.2) is 12.2 Å². The fourth-order valence-electron chi connectivity index (χ4n) is 2.33. The monoisotopic (exact) mass is 316 g/mol. The fraction of sp³-hybridized carbons (Fsp3) is 0.400. The fourth-order valence-corrected chi connectivity index (χ4v) is 2.33. The lowest BCUT2D eigenvalue weighted by Gasteiger charge is -2.32. The number of methoxy groups -OCH3 is 1. The summed E-state index contributed by atoms with van der Waals surface area (Å²) in [5, 5.41) is 17.5. The Morgan fingerprint density at radius 1 is 1.57 bits per heavy atom. The van der Waals surface area contributed by atoms with Crippen LogP contribution in [0.5, 0.6) is 5.75 Å². The predicted octanol–water partition coefficient (Wildman–Crippen LogP) is 0.343. The van der Waals surface area contributed by atoms with E-state index in [1.165, 1.54) is 0 Å². The second-order valence-corrected chi connectivity index (χ2v) is 5.21. The molecule has 1 fully saturated rings. The van der Waals surface area contributed by atoms with Crippen molar-refractivity contribution in [1.82, 2.24) is 10.6 Å². The summed E-state index contributed by atoms with van der Waals surface area (Å²) in [6.07, 6.45) is -0.473. The van der Waals surface area contributed by atoms with Gasteiger partial charge in [-0.1, -0.05) is 6.07 Å². The molecule has 2 rings (SSSR count). The number of aliphatic imine (C=N–C) groups is 1.